The molecule has 0 aromatic heterocycles. The molecule has 2 heteroatoms. The van der Waals surface area contributed by atoms with Gasteiger partial charge < -0.3 is 0 Å². The lowest BCUT2D eigenvalue weighted by Gasteiger charge is -2.05. The smallest absolute Gasteiger partial charge is 0.131 e. The summed E-state index contributed by atoms with van der Waals surface area (Å²) in [5, 5.41) is 0. The van der Waals surface area contributed by atoms with Crippen LogP contribution in [-0.4, -0.2) is 0 Å². The van der Waals surface area contributed by atoms with Crippen LogP contribution < -0.4 is 5.90 Å². The lowest BCUT2D eigenvalue weighted by molar-refractivity contribution is -0.695. The minimum atomic E-state index is 0.596. The minimum Gasteiger partial charge on any atom is -0.212 e. The maximum Gasteiger partial charge on any atom is 0.131 e. The second-order valence-corrected chi connectivity index (χ2v) is 3.24. The third-order valence-corrected chi connectivity index (χ3v) is 1.92. The maximum absolute atomic E-state index is 4.78. The van der Waals surface area contributed by atoms with Crippen molar-refractivity contribution in [2.75, 3.05) is 0 Å². The summed E-state index contributed by atoms with van der Waals surface area (Å²) >= 11 is 0. The lowest BCUT2D eigenvalue weighted by Crippen LogP contribution is -2.48. The van der Waals surface area contributed by atoms with Gasteiger partial charge in [0.05, 0.1) is 0 Å². The first kappa shape index (κ1) is 9.23. The summed E-state index contributed by atoms with van der Waals surface area (Å²) in [6.45, 7) is 4.97. The molecule has 0 aliphatic carbocycles. The zero-order valence-corrected chi connectivity index (χ0v) is 7.71. The average molecular weight is 166 g/mol. The molecule has 1 aromatic rings. The standard InChI is InChI=1S/C10H16NO/c1-8(2)10-5-3-9(4-6-10)7-12-11/h3-6,8H,7H2,1-2,11H3/q+1. The Kier molecular flexibility index (Phi) is 3.26. The molecule has 0 aliphatic rings. The van der Waals surface area contributed by atoms with Crippen LogP contribution >= 0.6 is 0 Å². The summed E-state index contributed by atoms with van der Waals surface area (Å²) in [5.74, 6) is 3.94. The van der Waals surface area contributed by atoms with Gasteiger partial charge in [-0.25, -0.2) is 10.7 Å². The Labute approximate surface area is 73.3 Å². The Hall–Kier alpha value is -0.860. The third kappa shape index (κ3) is 2.32. The summed E-state index contributed by atoms with van der Waals surface area (Å²) in [6, 6.07) is 8.44. The van der Waals surface area contributed by atoms with Gasteiger partial charge in [-0.3, -0.25) is 0 Å². The summed E-state index contributed by atoms with van der Waals surface area (Å²) in [7, 11) is 0. The number of hydrogen-bond donors (Lipinski definition) is 1. The molecule has 0 spiro atoms. The van der Waals surface area contributed by atoms with Crippen LogP contribution in [0, 0.1) is 0 Å². The summed E-state index contributed by atoms with van der Waals surface area (Å²) < 4.78 is 0. The van der Waals surface area contributed by atoms with Crippen molar-refractivity contribution in [1.29, 1.82) is 0 Å². The Morgan fingerprint density at radius 3 is 2.25 bits per heavy atom. The van der Waals surface area contributed by atoms with Crippen molar-refractivity contribution in [3.05, 3.63) is 35.4 Å². The first-order valence-corrected chi connectivity index (χ1v) is 4.20. The monoisotopic (exact) mass is 166 g/mol. The number of quaternary nitrogens is 1. The second kappa shape index (κ2) is 4.24. The molecule has 1 aromatic carbocycles. The molecule has 0 saturated heterocycles. The van der Waals surface area contributed by atoms with Crippen LogP contribution in [0.25, 0.3) is 0 Å². The van der Waals surface area contributed by atoms with E-state index in [0.29, 0.717) is 12.5 Å². The highest BCUT2D eigenvalue weighted by Gasteiger charge is 1.98. The molecular weight excluding hydrogens is 150 g/mol. The molecule has 0 aliphatic heterocycles. The Morgan fingerprint density at radius 1 is 1.25 bits per heavy atom. The van der Waals surface area contributed by atoms with Crippen molar-refractivity contribution in [3.63, 3.8) is 0 Å². The van der Waals surface area contributed by atoms with E-state index < -0.39 is 0 Å². The van der Waals surface area contributed by atoms with Crippen LogP contribution in [0.15, 0.2) is 24.3 Å². The van der Waals surface area contributed by atoms with Crippen molar-refractivity contribution in [3.8, 4) is 0 Å². The van der Waals surface area contributed by atoms with E-state index in [4.69, 9.17) is 4.84 Å². The van der Waals surface area contributed by atoms with E-state index in [1.165, 1.54) is 11.1 Å². The Bertz CT molecular complexity index is 228. The van der Waals surface area contributed by atoms with Gasteiger partial charge in [-0.1, -0.05) is 38.1 Å². The first-order valence-electron chi connectivity index (χ1n) is 4.20. The Morgan fingerprint density at radius 2 is 1.83 bits per heavy atom. The summed E-state index contributed by atoms with van der Waals surface area (Å²) in [4.78, 5) is 4.78. The SMILES string of the molecule is CC(C)c1ccc(CO[NH3+])cc1. The van der Waals surface area contributed by atoms with Crippen molar-refractivity contribution in [1.82, 2.24) is 0 Å². The highest BCUT2D eigenvalue weighted by molar-refractivity contribution is 5.24. The molecule has 0 atom stereocenters. The van der Waals surface area contributed by atoms with Gasteiger partial charge in [0, 0.05) is 0 Å². The zero-order valence-electron chi connectivity index (χ0n) is 7.71. The molecule has 0 fully saturated rings. The average Bonchev–Trinajstić information content (AvgIpc) is 2.06. The van der Waals surface area contributed by atoms with E-state index in [1.54, 1.807) is 0 Å². The molecule has 66 valence electrons. The molecule has 12 heavy (non-hydrogen) atoms. The zero-order chi connectivity index (χ0) is 8.97. The van der Waals surface area contributed by atoms with Crippen LogP contribution in [0.5, 0.6) is 0 Å². The number of rotatable bonds is 3. The highest BCUT2D eigenvalue weighted by atomic mass is 16.6. The van der Waals surface area contributed by atoms with Crippen molar-refractivity contribution >= 4 is 0 Å². The molecule has 0 radical (unpaired) electrons. The van der Waals surface area contributed by atoms with Crippen molar-refractivity contribution in [2.24, 2.45) is 0 Å². The fourth-order valence-corrected chi connectivity index (χ4v) is 1.12. The molecule has 1 rings (SSSR count). The van der Waals surface area contributed by atoms with Crippen molar-refractivity contribution < 1.29 is 10.7 Å². The van der Waals surface area contributed by atoms with E-state index >= 15 is 0 Å². The van der Waals surface area contributed by atoms with E-state index in [0.717, 1.165) is 0 Å². The predicted octanol–water partition coefficient (Wildman–Crippen LogP) is 1.48. The topological polar surface area (TPSA) is 36.9 Å². The largest absolute Gasteiger partial charge is 0.212 e. The Balaban J connectivity index is 2.71. The van der Waals surface area contributed by atoms with Crippen LogP contribution in [0.4, 0.5) is 0 Å². The third-order valence-electron chi connectivity index (χ3n) is 1.92. The van der Waals surface area contributed by atoms with Gasteiger partial charge in [-0.05, 0) is 17.0 Å². The molecule has 0 heterocycles. The number of benzene rings is 1. The number of hydrogen-bond acceptors (Lipinski definition) is 1. The lowest BCUT2D eigenvalue weighted by atomic mass is 10.0. The van der Waals surface area contributed by atoms with Crippen LogP contribution in [0.1, 0.15) is 30.9 Å². The van der Waals surface area contributed by atoms with Gasteiger partial charge in [-0.2, -0.15) is 0 Å². The van der Waals surface area contributed by atoms with E-state index in [1.807, 2.05) is 0 Å². The van der Waals surface area contributed by atoms with Gasteiger partial charge in [0.1, 0.15) is 6.61 Å². The molecular formula is C10H16NO+. The van der Waals surface area contributed by atoms with Gasteiger partial charge in [0.2, 0.25) is 0 Å². The molecule has 0 bridgehead atoms. The van der Waals surface area contributed by atoms with Crippen molar-refractivity contribution in [2.45, 2.75) is 26.4 Å². The van der Waals surface area contributed by atoms with Gasteiger partial charge >= 0.3 is 0 Å². The fourth-order valence-electron chi connectivity index (χ4n) is 1.12. The van der Waals surface area contributed by atoms with E-state index in [9.17, 15) is 0 Å². The van der Waals surface area contributed by atoms with Gasteiger partial charge in [0.15, 0.2) is 0 Å². The molecule has 0 unspecified atom stereocenters. The second-order valence-electron chi connectivity index (χ2n) is 3.24. The molecule has 0 amide bonds. The predicted molar refractivity (Wildman–Crippen MR) is 48.2 cm³/mol. The van der Waals surface area contributed by atoms with Crippen LogP contribution in [-0.2, 0) is 11.4 Å². The summed E-state index contributed by atoms with van der Waals surface area (Å²) in [5.41, 5.74) is 2.54. The van der Waals surface area contributed by atoms with Gasteiger partial charge in [-0.15, -0.1) is 0 Å². The first-order chi connectivity index (χ1) is 5.74. The van der Waals surface area contributed by atoms with Crippen LogP contribution in [0.3, 0.4) is 0 Å². The van der Waals surface area contributed by atoms with E-state index in [-0.39, 0.29) is 0 Å². The maximum atomic E-state index is 4.78. The quantitative estimate of drug-likeness (QED) is 0.678. The summed E-state index contributed by atoms with van der Waals surface area (Å²) in [6.07, 6.45) is 0. The minimum absolute atomic E-state index is 0.596. The normalized spacial score (nSPS) is 10.7. The molecule has 2 nitrogen and oxygen atoms in total. The van der Waals surface area contributed by atoms with Crippen LogP contribution in [0.2, 0.25) is 0 Å². The fraction of sp³-hybridized carbons (Fsp3) is 0.400. The molecule has 3 N–H and O–H groups in total. The van der Waals surface area contributed by atoms with E-state index in [2.05, 4.69) is 44.0 Å². The highest BCUT2D eigenvalue weighted by Crippen LogP contribution is 2.14. The molecule has 0 saturated carbocycles. The van der Waals surface area contributed by atoms with Gasteiger partial charge in [0.25, 0.3) is 0 Å².